The van der Waals surface area contributed by atoms with E-state index in [0.29, 0.717) is 5.92 Å². The SMILES string of the molecule is c1ccc2c(CN3CCC(c4ccn[nH]4)CC3)c[nH]c2c1. The van der Waals surface area contributed by atoms with Crippen molar-refractivity contribution < 1.29 is 0 Å². The van der Waals surface area contributed by atoms with Crippen LogP contribution in [0.3, 0.4) is 0 Å². The predicted octanol–water partition coefficient (Wildman–Crippen LogP) is 3.27. The van der Waals surface area contributed by atoms with Gasteiger partial charge in [0.05, 0.1) is 0 Å². The zero-order chi connectivity index (χ0) is 14.1. The molecule has 0 unspecified atom stereocenters. The summed E-state index contributed by atoms with van der Waals surface area (Å²) in [7, 11) is 0. The third-order valence-corrected chi connectivity index (χ3v) is 4.62. The highest BCUT2D eigenvalue weighted by Gasteiger charge is 2.21. The van der Waals surface area contributed by atoms with E-state index in [1.807, 2.05) is 6.20 Å². The fourth-order valence-electron chi connectivity index (χ4n) is 3.40. The molecule has 108 valence electrons. The number of nitrogens with one attached hydrogen (secondary N) is 2. The van der Waals surface area contributed by atoms with Gasteiger partial charge in [0.2, 0.25) is 0 Å². The molecule has 0 atom stereocenters. The van der Waals surface area contributed by atoms with Gasteiger partial charge in [0.25, 0.3) is 0 Å². The Hall–Kier alpha value is -2.07. The van der Waals surface area contributed by atoms with Crippen molar-refractivity contribution in [3.05, 3.63) is 54.0 Å². The van der Waals surface area contributed by atoms with Gasteiger partial charge in [-0.05, 0) is 43.6 Å². The number of aromatic nitrogens is 3. The number of hydrogen-bond donors (Lipinski definition) is 2. The number of likely N-dealkylation sites (tertiary alicyclic amines) is 1. The van der Waals surface area contributed by atoms with Crippen LogP contribution in [0.15, 0.2) is 42.7 Å². The number of H-pyrrole nitrogens is 2. The van der Waals surface area contributed by atoms with E-state index >= 15 is 0 Å². The van der Waals surface area contributed by atoms with E-state index in [4.69, 9.17) is 0 Å². The van der Waals surface area contributed by atoms with E-state index < -0.39 is 0 Å². The van der Waals surface area contributed by atoms with Gasteiger partial charge in [0.1, 0.15) is 0 Å². The topological polar surface area (TPSA) is 47.7 Å². The molecular weight excluding hydrogens is 260 g/mol. The van der Waals surface area contributed by atoms with Gasteiger partial charge in [0.15, 0.2) is 0 Å². The lowest BCUT2D eigenvalue weighted by atomic mass is 9.93. The molecule has 0 amide bonds. The Morgan fingerprint density at radius 1 is 1.14 bits per heavy atom. The first-order valence-corrected chi connectivity index (χ1v) is 7.67. The summed E-state index contributed by atoms with van der Waals surface area (Å²) < 4.78 is 0. The van der Waals surface area contributed by atoms with Crippen LogP contribution in [0.4, 0.5) is 0 Å². The summed E-state index contributed by atoms with van der Waals surface area (Å²) in [6, 6.07) is 10.7. The number of rotatable bonds is 3. The van der Waals surface area contributed by atoms with Gasteiger partial charge >= 0.3 is 0 Å². The Labute approximate surface area is 124 Å². The zero-order valence-corrected chi connectivity index (χ0v) is 12.0. The molecule has 3 aromatic rings. The summed E-state index contributed by atoms with van der Waals surface area (Å²) in [5, 5.41) is 8.54. The number of piperidine rings is 1. The lowest BCUT2D eigenvalue weighted by Gasteiger charge is -2.31. The van der Waals surface area contributed by atoms with Crippen molar-refractivity contribution in [2.45, 2.75) is 25.3 Å². The average Bonchev–Trinajstić information content (AvgIpc) is 3.19. The average molecular weight is 280 g/mol. The minimum Gasteiger partial charge on any atom is -0.361 e. The Bertz CT molecular complexity index is 705. The number of aromatic amines is 2. The van der Waals surface area contributed by atoms with Gasteiger partial charge in [-0.15, -0.1) is 0 Å². The van der Waals surface area contributed by atoms with Crippen LogP contribution < -0.4 is 0 Å². The highest BCUT2D eigenvalue weighted by molar-refractivity contribution is 5.82. The minimum atomic E-state index is 0.645. The van der Waals surface area contributed by atoms with Crippen LogP contribution in [0.1, 0.15) is 30.0 Å². The molecule has 2 aromatic heterocycles. The smallest absolute Gasteiger partial charge is 0.0490 e. The largest absolute Gasteiger partial charge is 0.361 e. The van der Waals surface area contributed by atoms with E-state index in [2.05, 4.69) is 56.6 Å². The summed E-state index contributed by atoms with van der Waals surface area (Å²) in [5.74, 6) is 0.645. The summed E-state index contributed by atoms with van der Waals surface area (Å²) in [6.45, 7) is 3.35. The molecule has 1 saturated heterocycles. The first kappa shape index (κ1) is 12.7. The van der Waals surface area contributed by atoms with Crippen LogP contribution >= 0.6 is 0 Å². The molecule has 1 aliphatic heterocycles. The zero-order valence-electron chi connectivity index (χ0n) is 12.0. The molecule has 4 heteroatoms. The molecule has 1 aromatic carbocycles. The van der Waals surface area contributed by atoms with Crippen molar-refractivity contribution in [2.75, 3.05) is 13.1 Å². The molecule has 0 radical (unpaired) electrons. The molecular formula is C17H20N4. The maximum atomic E-state index is 4.07. The molecule has 2 N–H and O–H groups in total. The third-order valence-electron chi connectivity index (χ3n) is 4.62. The van der Waals surface area contributed by atoms with Crippen LogP contribution in [0.5, 0.6) is 0 Å². The molecule has 1 aliphatic rings. The molecule has 0 bridgehead atoms. The van der Waals surface area contributed by atoms with Gasteiger partial charge in [-0.3, -0.25) is 10.00 Å². The van der Waals surface area contributed by atoms with Crippen LogP contribution in [0, 0.1) is 0 Å². The van der Waals surface area contributed by atoms with Crippen molar-refractivity contribution in [1.82, 2.24) is 20.1 Å². The predicted molar refractivity (Wildman–Crippen MR) is 84.1 cm³/mol. The van der Waals surface area contributed by atoms with Gasteiger partial charge in [-0.2, -0.15) is 5.10 Å². The minimum absolute atomic E-state index is 0.645. The highest BCUT2D eigenvalue weighted by Crippen LogP contribution is 2.28. The fraction of sp³-hybridized carbons (Fsp3) is 0.353. The van der Waals surface area contributed by atoms with E-state index in [9.17, 15) is 0 Å². The van der Waals surface area contributed by atoms with Gasteiger partial charge in [-0.1, -0.05) is 18.2 Å². The van der Waals surface area contributed by atoms with Gasteiger partial charge < -0.3 is 4.98 Å². The van der Waals surface area contributed by atoms with Gasteiger partial charge in [0, 0.05) is 41.5 Å². The summed E-state index contributed by atoms with van der Waals surface area (Å²) in [6.07, 6.45) is 6.44. The van der Waals surface area contributed by atoms with Gasteiger partial charge in [-0.25, -0.2) is 0 Å². The van der Waals surface area contributed by atoms with E-state index in [1.54, 1.807) is 0 Å². The van der Waals surface area contributed by atoms with E-state index in [1.165, 1.54) is 35.0 Å². The quantitative estimate of drug-likeness (QED) is 0.773. The molecule has 1 fully saturated rings. The Balaban J connectivity index is 1.43. The third kappa shape index (κ3) is 2.47. The van der Waals surface area contributed by atoms with E-state index in [-0.39, 0.29) is 0 Å². The van der Waals surface area contributed by atoms with Crippen LogP contribution in [-0.2, 0) is 6.54 Å². The maximum absolute atomic E-state index is 4.07. The number of fused-ring (bicyclic) bond motifs is 1. The number of benzene rings is 1. The highest BCUT2D eigenvalue weighted by atomic mass is 15.1. The van der Waals surface area contributed by atoms with Crippen molar-refractivity contribution in [3.8, 4) is 0 Å². The number of hydrogen-bond acceptors (Lipinski definition) is 2. The van der Waals surface area contributed by atoms with Crippen LogP contribution in [-0.4, -0.2) is 33.2 Å². The second-order valence-corrected chi connectivity index (χ2v) is 5.92. The van der Waals surface area contributed by atoms with Crippen LogP contribution in [0.25, 0.3) is 10.9 Å². The lowest BCUT2D eigenvalue weighted by molar-refractivity contribution is 0.204. The van der Waals surface area contributed by atoms with Crippen LogP contribution in [0.2, 0.25) is 0 Å². The lowest BCUT2D eigenvalue weighted by Crippen LogP contribution is -2.32. The van der Waals surface area contributed by atoms with Crippen molar-refractivity contribution in [2.24, 2.45) is 0 Å². The number of para-hydroxylation sites is 1. The molecule has 0 saturated carbocycles. The Kier molecular flexibility index (Phi) is 3.24. The second kappa shape index (κ2) is 5.37. The molecule has 3 heterocycles. The number of nitrogens with zero attached hydrogens (tertiary/aromatic N) is 2. The second-order valence-electron chi connectivity index (χ2n) is 5.92. The normalized spacial score (nSPS) is 17.5. The van der Waals surface area contributed by atoms with Crippen molar-refractivity contribution >= 4 is 10.9 Å². The standard InChI is InChI=1S/C17H20N4/c1-2-4-17-15(3-1)14(11-18-17)12-21-9-6-13(7-10-21)16-5-8-19-20-16/h1-5,8,11,13,18H,6-7,9-10,12H2,(H,19,20). The molecule has 0 aliphatic carbocycles. The molecule has 0 spiro atoms. The first-order valence-electron chi connectivity index (χ1n) is 7.67. The molecule has 4 rings (SSSR count). The maximum Gasteiger partial charge on any atom is 0.0490 e. The summed E-state index contributed by atoms with van der Waals surface area (Å²) >= 11 is 0. The Morgan fingerprint density at radius 2 is 2.00 bits per heavy atom. The summed E-state index contributed by atoms with van der Waals surface area (Å²) in [4.78, 5) is 5.93. The monoisotopic (exact) mass is 280 g/mol. The first-order chi connectivity index (χ1) is 10.4. The molecule has 4 nitrogen and oxygen atoms in total. The van der Waals surface area contributed by atoms with E-state index in [0.717, 1.165) is 19.6 Å². The fourth-order valence-corrected chi connectivity index (χ4v) is 3.40. The summed E-state index contributed by atoms with van der Waals surface area (Å²) in [5.41, 5.74) is 3.94. The van der Waals surface area contributed by atoms with Crippen molar-refractivity contribution in [3.63, 3.8) is 0 Å². The molecule has 21 heavy (non-hydrogen) atoms. The van der Waals surface area contributed by atoms with Crippen molar-refractivity contribution in [1.29, 1.82) is 0 Å². The Morgan fingerprint density at radius 3 is 2.81 bits per heavy atom.